The molecule has 0 nitrogen and oxygen atoms in total. The van der Waals surface area contributed by atoms with Gasteiger partial charge in [0, 0.05) is 110 Å². The highest BCUT2D eigenvalue weighted by Gasteiger charge is 2.38. The molecule has 0 atom stereocenters. The molecule has 0 spiro atoms. The Labute approximate surface area is 340 Å². The zero-order valence-electron chi connectivity index (χ0n) is 30.7. The lowest BCUT2D eigenvalue weighted by Crippen LogP contribution is -2.06. The van der Waals surface area contributed by atoms with E-state index in [1.54, 1.807) is 0 Å². The number of rotatable bonds is 0. The van der Waals surface area contributed by atoms with Crippen LogP contribution >= 0.6 is 0 Å². The molecule has 0 aliphatic carbocycles. The lowest BCUT2D eigenvalue weighted by molar-refractivity contribution is 0.418. The van der Waals surface area contributed by atoms with E-state index in [1.165, 1.54) is 0 Å². The van der Waals surface area contributed by atoms with E-state index in [1.807, 2.05) is 0 Å². The van der Waals surface area contributed by atoms with E-state index in [-0.39, 0.29) is 24.3 Å². The minimum Gasteiger partial charge on any atom is -0.207 e. The van der Waals surface area contributed by atoms with Crippen LogP contribution in [0.5, 0.6) is 0 Å². The summed E-state index contributed by atoms with van der Waals surface area (Å²) < 4.78 is 260. The third kappa shape index (κ3) is 3.91. The van der Waals surface area contributed by atoms with Crippen molar-refractivity contribution in [2.45, 2.75) is 0 Å². The van der Waals surface area contributed by atoms with Gasteiger partial charge in [0.05, 0.1) is 0 Å². The van der Waals surface area contributed by atoms with Gasteiger partial charge in [-0.25, -0.2) is 70.2 Å². The maximum atomic E-state index is 16.8. The largest absolute Gasteiger partial charge is 0.207 e. The van der Waals surface area contributed by atoms with Crippen LogP contribution in [-0.2, 0) is 0 Å². The molecule has 0 unspecified atom stereocenters. The van der Waals surface area contributed by atoms with Crippen LogP contribution in [-0.4, -0.2) is 0 Å². The minimum absolute atomic E-state index is 0.237. The third-order valence-corrected chi connectivity index (χ3v) is 12.8. The summed E-state index contributed by atoms with van der Waals surface area (Å²) in [6.45, 7) is 0. The molecule has 13 aromatic rings. The van der Waals surface area contributed by atoms with Crippen molar-refractivity contribution in [2.75, 3.05) is 0 Å². The summed E-state index contributed by atoms with van der Waals surface area (Å²) in [4.78, 5) is 0. The standard InChI is InChI=1S/C48H8F16/c49-9-1-13-21-14-2-10(50)6-18(54)24(14)30-34-27(21)33-29(23(13)17(53)5-9)37-38(42(58)46(62)45(61)41(37)57)31-25-15(3-11(51)7-19(25)55)22-16-4-12(52)8-20(56)26(16)32(36(34)28(22)35(31)33)40-39(30)43(59)47(63)48(64)44(40)60/h1-8H. The minimum atomic E-state index is -2.50. The van der Waals surface area contributed by atoms with E-state index in [9.17, 15) is 0 Å². The van der Waals surface area contributed by atoms with E-state index in [4.69, 9.17) is 0 Å². The Bertz CT molecular complexity index is 3920. The Morgan fingerprint density at radius 3 is 0.531 bits per heavy atom. The molecule has 0 aliphatic heterocycles. The van der Waals surface area contributed by atoms with Crippen LogP contribution in [0.4, 0.5) is 70.2 Å². The number of halogens is 16. The first-order chi connectivity index (χ1) is 30.4. The smallest absolute Gasteiger partial charge is 0.198 e. The van der Waals surface area contributed by atoms with Gasteiger partial charge < -0.3 is 0 Å². The monoisotopic (exact) mass is 888 g/mol. The second-order valence-electron chi connectivity index (χ2n) is 15.8. The fourth-order valence-corrected chi connectivity index (χ4v) is 10.9. The summed E-state index contributed by atoms with van der Waals surface area (Å²) in [5.74, 6) is -31.1. The summed E-state index contributed by atoms with van der Waals surface area (Å²) in [5, 5.41) is -21.0. The summed E-state index contributed by atoms with van der Waals surface area (Å²) in [6.07, 6.45) is 0. The zero-order chi connectivity index (χ0) is 44.8. The molecule has 0 saturated carbocycles. The number of hydrogen-bond acceptors (Lipinski definition) is 0. The average molecular weight is 889 g/mol. The van der Waals surface area contributed by atoms with Crippen LogP contribution in [0.2, 0.25) is 0 Å². The molecule has 0 heterocycles. The fourth-order valence-electron chi connectivity index (χ4n) is 10.9. The molecule has 0 aliphatic rings. The van der Waals surface area contributed by atoms with Gasteiger partial charge in [0.1, 0.15) is 46.5 Å². The van der Waals surface area contributed by atoms with Gasteiger partial charge in [-0.3, -0.25) is 0 Å². The van der Waals surface area contributed by atoms with Crippen molar-refractivity contribution in [3.63, 3.8) is 0 Å². The summed E-state index contributed by atoms with van der Waals surface area (Å²) in [6, 6.07) is 3.21. The number of benzene rings is 13. The van der Waals surface area contributed by atoms with Crippen molar-refractivity contribution in [1.29, 1.82) is 0 Å². The van der Waals surface area contributed by atoms with Gasteiger partial charge in [0.25, 0.3) is 0 Å². The quantitative estimate of drug-likeness (QED) is 0.0468. The highest BCUT2D eigenvalue weighted by molar-refractivity contribution is 6.61. The van der Waals surface area contributed by atoms with E-state index < -0.39 is 222 Å². The number of fused-ring (bicyclic) bond motifs is 18. The normalized spacial score (nSPS) is 13.0. The Balaban J connectivity index is 1.65. The van der Waals surface area contributed by atoms with Crippen molar-refractivity contribution < 1.29 is 70.2 Å². The van der Waals surface area contributed by atoms with Crippen LogP contribution in [0.1, 0.15) is 0 Å². The highest BCUT2D eigenvalue weighted by Crippen LogP contribution is 2.61. The van der Waals surface area contributed by atoms with Crippen molar-refractivity contribution in [3.05, 3.63) is 142 Å². The highest BCUT2D eigenvalue weighted by atomic mass is 19.2. The van der Waals surface area contributed by atoms with Gasteiger partial charge in [-0.2, -0.15) is 0 Å². The molecular weight excluding hydrogens is 880 g/mol. The molecule has 0 fully saturated rings. The van der Waals surface area contributed by atoms with Crippen LogP contribution in [0.15, 0.2) is 48.5 Å². The molecule has 0 saturated heterocycles. The molecule has 0 amide bonds. The molecule has 0 aromatic heterocycles. The molecule has 0 bridgehead atoms. The Hall–Kier alpha value is -7.36. The van der Waals surface area contributed by atoms with E-state index >= 15 is 70.2 Å². The molecule has 16 heteroatoms. The van der Waals surface area contributed by atoms with Crippen LogP contribution in [0.3, 0.4) is 0 Å². The maximum absolute atomic E-state index is 16.8. The average Bonchev–Trinajstić information content (AvgIpc) is 3.23. The van der Waals surface area contributed by atoms with Gasteiger partial charge in [-0.15, -0.1) is 0 Å². The SMILES string of the molecule is Fc1cc(F)c2c(c1)c1c3cc(F)cc(F)c3c3c4c(F)c(F)c(F)c(F)c4c4c5c(F)cc(F)cc5c5c6cc(F)cc(F)c6c6c7c(F)c(F)c(F)c(F)c7c2c2c1c3c4c5c62. The van der Waals surface area contributed by atoms with Crippen molar-refractivity contribution in [3.8, 4) is 0 Å². The predicted molar refractivity (Wildman–Crippen MR) is 209 cm³/mol. The lowest BCUT2D eigenvalue weighted by atomic mass is 9.74. The van der Waals surface area contributed by atoms with Crippen molar-refractivity contribution >= 4 is 129 Å². The molecular formula is C48H8F16. The van der Waals surface area contributed by atoms with E-state index in [2.05, 4.69) is 0 Å². The summed E-state index contributed by atoms with van der Waals surface area (Å²) in [7, 11) is 0. The van der Waals surface area contributed by atoms with Crippen molar-refractivity contribution in [2.24, 2.45) is 0 Å². The lowest BCUT2D eigenvalue weighted by Gasteiger charge is -2.28. The Kier molecular flexibility index (Phi) is 6.64. The van der Waals surface area contributed by atoms with Gasteiger partial charge in [0.15, 0.2) is 46.5 Å². The maximum Gasteiger partial charge on any atom is 0.198 e. The topological polar surface area (TPSA) is 0 Å². The van der Waals surface area contributed by atoms with Crippen molar-refractivity contribution in [1.82, 2.24) is 0 Å². The van der Waals surface area contributed by atoms with Gasteiger partial charge in [0.2, 0.25) is 0 Å². The predicted octanol–water partition coefficient (Wildman–Crippen LogP) is 16.1. The molecule has 0 N–H and O–H groups in total. The molecule has 64 heavy (non-hydrogen) atoms. The molecule has 13 aromatic carbocycles. The first-order valence-corrected chi connectivity index (χ1v) is 18.6. The fraction of sp³-hybridized carbons (Fsp3) is 0. The Morgan fingerprint density at radius 1 is 0.156 bits per heavy atom. The molecule has 13 rings (SSSR count). The first-order valence-electron chi connectivity index (χ1n) is 18.6. The zero-order valence-corrected chi connectivity index (χ0v) is 30.7. The Morgan fingerprint density at radius 2 is 0.328 bits per heavy atom. The van der Waals surface area contributed by atoms with E-state index in [0.29, 0.717) is 24.3 Å². The second-order valence-corrected chi connectivity index (χ2v) is 15.8. The summed E-state index contributed by atoms with van der Waals surface area (Å²) >= 11 is 0. The second kappa shape index (κ2) is 11.4. The molecule has 312 valence electrons. The third-order valence-electron chi connectivity index (χ3n) is 12.8. The van der Waals surface area contributed by atoms with Crippen LogP contribution < -0.4 is 0 Å². The van der Waals surface area contributed by atoms with Crippen LogP contribution in [0.25, 0.3) is 129 Å². The summed E-state index contributed by atoms with van der Waals surface area (Å²) in [5.41, 5.74) is 0. The van der Waals surface area contributed by atoms with Gasteiger partial charge in [-0.1, -0.05) is 0 Å². The first kappa shape index (κ1) is 37.2. The molecule has 0 radical (unpaired) electrons. The van der Waals surface area contributed by atoms with Gasteiger partial charge >= 0.3 is 0 Å². The van der Waals surface area contributed by atoms with Crippen LogP contribution in [0, 0.1) is 93.1 Å². The van der Waals surface area contributed by atoms with E-state index in [0.717, 1.165) is 0 Å². The van der Waals surface area contributed by atoms with Gasteiger partial charge in [-0.05, 0) is 67.4 Å². The number of hydrogen-bond donors (Lipinski definition) is 0.